The van der Waals surface area contributed by atoms with Gasteiger partial charge in [-0.1, -0.05) is 0 Å². The Hall–Kier alpha value is -3.04. The molecule has 1 heterocycles. The average molecular weight is 401 g/mol. The van der Waals surface area contributed by atoms with Gasteiger partial charge in [0.2, 0.25) is 10.0 Å². The van der Waals surface area contributed by atoms with E-state index in [0.29, 0.717) is 5.69 Å². The number of rotatable bonds is 5. The first-order valence-corrected chi connectivity index (χ1v) is 9.94. The highest BCUT2D eigenvalue weighted by atomic mass is 32.2. The number of nitrogens with one attached hydrogen (secondary N) is 2. The van der Waals surface area contributed by atoms with Crippen molar-refractivity contribution in [3.63, 3.8) is 0 Å². The highest BCUT2D eigenvalue weighted by molar-refractivity contribution is 7.89. The molecule has 0 spiro atoms. The molecule has 0 bridgehead atoms. The second kappa shape index (κ2) is 7.17. The van der Waals surface area contributed by atoms with Gasteiger partial charge in [-0.05, 0) is 56.3 Å². The molecule has 1 aliphatic heterocycles. The fraction of sp³-hybridized carbons (Fsp3) is 0.211. The molecule has 3 rings (SSSR count). The summed E-state index contributed by atoms with van der Waals surface area (Å²) in [5, 5.41) is 4.81. The van der Waals surface area contributed by atoms with Gasteiger partial charge < -0.3 is 5.32 Å². The van der Waals surface area contributed by atoms with Crippen LogP contribution < -0.4 is 10.6 Å². The number of anilines is 1. The lowest BCUT2D eigenvalue weighted by molar-refractivity contribution is 0.0878. The predicted molar refractivity (Wildman–Crippen MR) is 103 cm³/mol. The van der Waals surface area contributed by atoms with Crippen LogP contribution in [0.5, 0.6) is 0 Å². The zero-order valence-corrected chi connectivity index (χ0v) is 16.3. The maximum atomic E-state index is 12.5. The molecule has 0 saturated heterocycles. The van der Waals surface area contributed by atoms with Gasteiger partial charge in [0.1, 0.15) is 0 Å². The van der Waals surface area contributed by atoms with E-state index in [1.165, 1.54) is 53.8 Å². The summed E-state index contributed by atoms with van der Waals surface area (Å²) in [4.78, 5) is 35.8. The van der Waals surface area contributed by atoms with Gasteiger partial charge in [0.25, 0.3) is 17.7 Å². The van der Waals surface area contributed by atoms with E-state index in [4.69, 9.17) is 0 Å². The average Bonchev–Trinajstić information content (AvgIpc) is 2.94. The molecule has 2 N–H and O–H groups in total. The van der Waals surface area contributed by atoms with Gasteiger partial charge in [0.05, 0.1) is 16.0 Å². The number of hydrogen-bond donors (Lipinski definition) is 2. The molecule has 3 amide bonds. The van der Waals surface area contributed by atoms with Crippen LogP contribution in [0.15, 0.2) is 47.4 Å². The van der Waals surface area contributed by atoms with Gasteiger partial charge in [0.15, 0.2) is 0 Å². The Morgan fingerprint density at radius 3 is 2.21 bits per heavy atom. The number of sulfonamides is 1. The van der Waals surface area contributed by atoms with Crippen molar-refractivity contribution in [3.8, 4) is 0 Å². The topological polar surface area (TPSA) is 113 Å². The quantitative estimate of drug-likeness (QED) is 0.743. The van der Waals surface area contributed by atoms with E-state index in [9.17, 15) is 22.8 Å². The zero-order chi connectivity index (χ0) is 20.6. The number of nitrogens with zero attached hydrogens (tertiary/aromatic N) is 1. The van der Waals surface area contributed by atoms with Crippen LogP contribution in [0.1, 0.15) is 44.9 Å². The van der Waals surface area contributed by atoms with Crippen molar-refractivity contribution in [2.75, 3.05) is 12.4 Å². The highest BCUT2D eigenvalue weighted by Crippen LogP contribution is 2.21. The van der Waals surface area contributed by atoms with Crippen molar-refractivity contribution < 1.29 is 22.8 Å². The molecule has 1 aliphatic rings. The lowest BCUT2D eigenvalue weighted by Crippen LogP contribution is -2.33. The third kappa shape index (κ3) is 3.54. The highest BCUT2D eigenvalue weighted by Gasteiger charge is 2.27. The summed E-state index contributed by atoms with van der Waals surface area (Å²) >= 11 is 0. The number of carbonyl (C=O) groups excluding carboxylic acids is 3. The van der Waals surface area contributed by atoms with Crippen molar-refractivity contribution in [1.29, 1.82) is 0 Å². The Morgan fingerprint density at radius 1 is 1.00 bits per heavy atom. The van der Waals surface area contributed by atoms with Crippen LogP contribution in [0.25, 0.3) is 0 Å². The number of benzene rings is 2. The normalized spacial score (nSPS) is 13.6. The fourth-order valence-corrected chi connectivity index (χ4v) is 4.04. The molecule has 0 fully saturated rings. The van der Waals surface area contributed by atoms with Crippen LogP contribution in [-0.4, -0.2) is 43.5 Å². The molecular weight excluding hydrogens is 382 g/mol. The van der Waals surface area contributed by atoms with Crippen molar-refractivity contribution >= 4 is 33.4 Å². The first kappa shape index (κ1) is 19.7. The molecule has 9 heteroatoms. The first-order chi connectivity index (χ1) is 13.1. The maximum Gasteiger partial charge on any atom is 0.259 e. The lowest BCUT2D eigenvalue weighted by atomic mass is 10.1. The van der Waals surface area contributed by atoms with E-state index in [0.717, 1.165) is 0 Å². The van der Waals surface area contributed by atoms with Crippen LogP contribution in [-0.2, 0) is 10.0 Å². The summed E-state index contributed by atoms with van der Waals surface area (Å²) < 4.78 is 26.2. The molecular formula is C19H19N3O5S. The fourth-order valence-electron chi connectivity index (χ4n) is 2.67. The first-order valence-electron chi connectivity index (χ1n) is 8.50. The van der Waals surface area contributed by atoms with Crippen LogP contribution in [0.3, 0.4) is 0 Å². The molecule has 0 aliphatic carbocycles. The molecule has 146 valence electrons. The summed E-state index contributed by atoms with van der Waals surface area (Å²) in [6, 6.07) is 9.78. The van der Waals surface area contributed by atoms with Gasteiger partial charge in [-0.15, -0.1) is 0 Å². The van der Waals surface area contributed by atoms with Gasteiger partial charge in [0, 0.05) is 24.3 Å². The molecule has 8 nitrogen and oxygen atoms in total. The lowest BCUT2D eigenvalue weighted by Gasteiger charge is -2.21. The van der Waals surface area contributed by atoms with E-state index >= 15 is 0 Å². The van der Waals surface area contributed by atoms with E-state index in [1.54, 1.807) is 13.8 Å². The van der Waals surface area contributed by atoms with Gasteiger partial charge in [-0.25, -0.2) is 8.42 Å². The summed E-state index contributed by atoms with van der Waals surface area (Å²) in [7, 11) is -2.14. The molecule has 28 heavy (non-hydrogen) atoms. The molecule has 0 radical (unpaired) electrons. The Labute approximate surface area is 162 Å². The summed E-state index contributed by atoms with van der Waals surface area (Å²) in [6.07, 6.45) is 0. The third-order valence-electron chi connectivity index (χ3n) is 4.51. The second-order valence-corrected chi connectivity index (χ2v) is 8.63. The Kier molecular flexibility index (Phi) is 5.05. The van der Waals surface area contributed by atoms with Crippen LogP contribution in [0, 0.1) is 0 Å². The Bertz CT molecular complexity index is 1080. The number of imide groups is 1. The Morgan fingerprint density at radius 2 is 1.61 bits per heavy atom. The second-order valence-electron chi connectivity index (χ2n) is 6.64. The monoisotopic (exact) mass is 401 g/mol. The van der Waals surface area contributed by atoms with E-state index < -0.39 is 27.7 Å². The van der Waals surface area contributed by atoms with Gasteiger partial charge in [-0.2, -0.15) is 4.31 Å². The van der Waals surface area contributed by atoms with Crippen LogP contribution in [0.4, 0.5) is 5.69 Å². The predicted octanol–water partition coefficient (Wildman–Crippen LogP) is 1.85. The van der Waals surface area contributed by atoms with Crippen molar-refractivity contribution in [3.05, 3.63) is 59.2 Å². The summed E-state index contributed by atoms with van der Waals surface area (Å²) in [5.41, 5.74) is 1.06. The van der Waals surface area contributed by atoms with Crippen molar-refractivity contribution in [2.45, 2.75) is 24.8 Å². The van der Waals surface area contributed by atoms with E-state index in [1.807, 2.05) is 0 Å². The minimum atomic E-state index is -3.63. The summed E-state index contributed by atoms with van der Waals surface area (Å²) in [5.74, 6) is -1.45. The summed E-state index contributed by atoms with van der Waals surface area (Å²) in [6.45, 7) is 3.54. The minimum Gasteiger partial charge on any atom is -0.322 e. The number of amides is 3. The molecule has 0 saturated carbocycles. The SMILES string of the molecule is CC(C)N(C)S(=O)(=O)c1ccc(C(=O)Nc2ccc3c(c2)C(=O)NC3=O)cc1. The number of carbonyl (C=O) groups is 3. The molecule has 2 aromatic carbocycles. The maximum absolute atomic E-state index is 12.5. The number of fused-ring (bicyclic) bond motifs is 1. The standard InChI is InChI=1S/C19H19N3O5S/c1-11(2)22(3)28(26,27)14-7-4-12(5-8-14)17(23)20-13-6-9-15-16(10-13)19(25)21-18(15)24/h4-11H,1-3H3,(H,20,23)(H,21,24,25). The van der Waals surface area contributed by atoms with Gasteiger partial charge in [-0.3, -0.25) is 19.7 Å². The third-order valence-corrected chi connectivity index (χ3v) is 6.56. The van der Waals surface area contributed by atoms with Gasteiger partial charge >= 0.3 is 0 Å². The zero-order valence-electron chi connectivity index (χ0n) is 15.5. The minimum absolute atomic E-state index is 0.0907. The smallest absolute Gasteiger partial charge is 0.259 e. The van der Waals surface area contributed by atoms with Crippen molar-refractivity contribution in [2.24, 2.45) is 0 Å². The van der Waals surface area contributed by atoms with Crippen molar-refractivity contribution in [1.82, 2.24) is 9.62 Å². The molecule has 2 aromatic rings. The van der Waals surface area contributed by atoms with Crippen LogP contribution in [0.2, 0.25) is 0 Å². The van der Waals surface area contributed by atoms with E-state index in [-0.39, 0.29) is 27.6 Å². The molecule has 0 unspecified atom stereocenters. The Balaban J connectivity index is 1.79. The molecule has 0 aromatic heterocycles. The van der Waals surface area contributed by atoms with E-state index in [2.05, 4.69) is 10.6 Å². The number of hydrogen-bond acceptors (Lipinski definition) is 5. The molecule has 0 atom stereocenters. The van der Waals surface area contributed by atoms with Crippen LogP contribution >= 0.6 is 0 Å². The largest absolute Gasteiger partial charge is 0.322 e.